The van der Waals surface area contributed by atoms with Crippen LogP contribution in [0, 0.1) is 0 Å². The molecule has 0 amide bonds. The summed E-state index contributed by atoms with van der Waals surface area (Å²) in [6, 6.07) is 10.6. The summed E-state index contributed by atoms with van der Waals surface area (Å²) < 4.78 is 0. The molecule has 3 heterocycles. The maximum absolute atomic E-state index is 6.34. The second kappa shape index (κ2) is 7.82. The molecule has 152 valence electrons. The zero-order chi connectivity index (χ0) is 20.5. The molecule has 0 spiro atoms. The first-order valence-electron chi connectivity index (χ1n) is 10.6. The molecule has 30 heavy (non-hydrogen) atoms. The van der Waals surface area contributed by atoms with E-state index in [0.717, 1.165) is 47.6 Å². The number of fused-ring (bicyclic) bond motifs is 1. The van der Waals surface area contributed by atoms with Crippen molar-refractivity contribution in [1.82, 2.24) is 19.9 Å². The van der Waals surface area contributed by atoms with E-state index in [0.29, 0.717) is 17.7 Å². The summed E-state index contributed by atoms with van der Waals surface area (Å²) in [6.45, 7) is 2.15. The molecule has 1 aliphatic heterocycles. The van der Waals surface area contributed by atoms with Gasteiger partial charge in [-0.1, -0.05) is 50.1 Å². The largest absolute Gasteiger partial charge is 0.385 e. The monoisotopic (exact) mass is 399 g/mol. The molecule has 1 aliphatic carbocycles. The molecule has 0 radical (unpaired) electrons. The van der Waals surface area contributed by atoms with Crippen LogP contribution >= 0.6 is 0 Å². The van der Waals surface area contributed by atoms with Crippen LogP contribution in [-0.2, 0) is 0 Å². The van der Waals surface area contributed by atoms with Gasteiger partial charge in [-0.15, -0.1) is 0 Å². The van der Waals surface area contributed by atoms with Gasteiger partial charge in [-0.3, -0.25) is 0 Å². The minimum absolute atomic E-state index is 0.0731. The van der Waals surface area contributed by atoms with Gasteiger partial charge in [0.25, 0.3) is 0 Å². The quantitative estimate of drug-likeness (QED) is 0.709. The highest BCUT2D eigenvalue weighted by Crippen LogP contribution is 2.39. The van der Waals surface area contributed by atoms with Gasteiger partial charge in [0.2, 0.25) is 0 Å². The SMILES string of the molecule is CC[C@@H]1C(N)=Nc2cnc(-c3cncnc3-c3ccccc3)nc2N1C1CCCC1. The summed E-state index contributed by atoms with van der Waals surface area (Å²) in [4.78, 5) is 25.4. The van der Waals surface area contributed by atoms with E-state index in [-0.39, 0.29) is 6.04 Å². The van der Waals surface area contributed by atoms with Gasteiger partial charge in [0.15, 0.2) is 11.6 Å². The van der Waals surface area contributed by atoms with Crippen LogP contribution < -0.4 is 10.6 Å². The van der Waals surface area contributed by atoms with Crippen LogP contribution in [-0.4, -0.2) is 37.9 Å². The predicted octanol–water partition coefficient (Wildman–Crippen LogP) is 4.13. The third kappa shape index (κ3) is 3.20. The molecule has 1 aromatic carbocycles. The molecule has 1 fully saturated rings. The molecule has 0 saturated heterocycles. The molecule has 3 aromatic rings. The molecular weight excluding hydrogens is 374 g/mol. The van der Waals surface area contributed by atoms with Gasteiger partial charge >= 0.3 is 0 Å². The fourth-order valence-corrected chi connectivity index (χ4v) is 4.60. The molecule has 7 heteroatoms. The van der Waals surface area contributed by atoms with Crippen molar-refractivity contribution >= 4 is 17.3 Å². The summed E-state index contributed by atoms with van der Waals surface area (Å²) in [5.74, 6) is 2.14. The van der Waals surface area contributed by atoms with Gasteiger partial charge in [0.1, 0.15) is 17.9 Å². The van der Waals surface area contributed by atoms with E-state index in [1.165, 1.54) is 12.8 Å². The summed E-state index contributed by atoms with van der Waals surface area (Å²) in [6.07, 6.45) is 10.8. The molecule has 1 atom stereocenters. The Labute approximate surface area is 176 Å². The van der Waals surface area contributed by atoms with Crippen molar-refractivity contribution in [2.75, 3.05) is 4.90 Å². The Kier molecular flexibility index (Phi) is 4.86. The van der Waals surface area contributed by atoms with Crippen molar-refractivity contribution in [2.45, 2.75) is 51.1 Å². The lowest BCUT2D eigenvalue weighted by atomic mass is 10.0. The highest BCUT2D eigenvalue weighted by molar-refractivity contribution is 5.95. The Balaban J connectivity index is 1.64. The number of rotatable bonds is 4. The van der Waals surface area contributed by atoms with Gasteiger partial charge in [-0.05, 0) is 19.3 Å². The zero-order valence-corrected chi connectivity index (χ0v) is 17.1. The van der Waals surface area contributed by atoms with E-state index >= 15 is 0 Å². The Morgan fingerprint density at radius 1 is 1.07 bits per heavy atom. The molecule has 2 aromatic heterocycles. The van der Waals surface area contributed by atoms with Gasteiger partial charge in [0, 0.05) is 17.8 Å². The van der Waals surface area contributed by atoms with Gasteiger partial charge < -0.3 is 10.6 Å². The number of nitrogens with two attached hydrogens (primary N) is 1. The minimum Gasteiger partial charge on any atom is -0.385 e. The average molecular weight is 400 g/mol. The van der Waals surface area contributed by atoms with E-state index < -0.39 is 0 Å². The first-order valence-corrected chi connectivity index (χ1v) is 10.6. The number of anilines is 1. The van der Waals surface area contributed by atoms with Crippen molar-refractivity contribution < 1.29 is 0 Å². The van der Waals surface area contributed by atoms with E-state index in [2.05, 4.69) is 31.8 Å². The predicted molar refractivity (Wildman–Crippen MR) is 119 cm³/mol. The number of amidine groups is 1. The van der Waals surface area contributed by atoms with Crippen molar-refractivity contribution in [3.8, 4) is 22.6 Å². The van der Waals surface area contributed by atoms with Crippen LogP contribution in [0.15, 0.2) is 54.0 Å². The number of aromatic nitrogens is 4. The molecule has 2 N–H and O–H groups in total. The Morgan fingerprint density at radius 3 is 2.63 bits per heavy atom. The lowest BCUT2D eigenvalue weighted by Crippen LogP contribution is -2.51. The van der Waals surface area contributed by atoms with Gasteiger partial charge in [0.05, 0.1) is 23.5 Å². The Hall–Kier alpha value is -3.35. The molecule has 7 nitrogen and oxygen atoms in total. The average Bonchev–Trinajstić information content (AvgIpc) is 3.33. The van der Waals surface area contributed by atoms with E-state index in [1.807, 2.05) is 30.3 Å². The summed E-state index contributed by atoms with van der Waals surface area (Å²) in [5.41, 5.74) is 9.73. The zero-order valence-electron chi connectivity index (χ0n) is 17.1. The third-order valence-corrected chi connectivity index (χ3v) is 6.03. The van der Waals surface area contributed by atoms with Crippen molar-refractivity contribution in [1.29, 1.82) is 0 Å². The highest BCUT2D eigenvalue weighted by atomic mass is 15.3. The van der Waals surface area contributed by atoms with Crippen LogP contribution in [0.5, 0.6) is 0 Å². The molecule has 2 aliphatic rings. The fourth-order valence-electron chi connectivity index (χ4n) is 4.60. The molecule has 0 bridgehead atoms. The number of benzene rings is 1. The third-order valence-electron chi connectivity index (χ3n) is 6.03. The number of hydrogen-bond donors (Lipinski definition) is 1. The summed E-state index contributed by atoms with van der Waals surface area (Å²) in [7, 11) is 0. The Bertz CT molecular complexity index is 1070. The maximum Gasteiger partial charge on any atom is 0.165 e. The van der Waals surface area contributed by atoms with Crippen LogP contribution in [0.2, 0.25) is 0 Å². The maximum atomic E-state index is 6.34. The standard InChI is InChI=1S/C23H25N7/c1-2-19-21(24)28-18-13-26-22(29-23(18)30(19)16-10-6-7-11-16)17-12-25-14-27-20(17)15-8-4-3-5-9-15/h3-5,8-9,12-14,16,19H,2,6-7,10-11H2,1H3,(H2,24,28)/t19-/m1/s1. The lowest BCUT2D eigenvalue weighted by Gasteiger charge is -2.39. The fraction of sp³-hybridized carbons (Fsp3) is 0.348. The molecule has 1 saturated carbocycles. The van der Waals surface area contributed by atoms with Crippen LogP contribution in [0.4, 0.5) is 11.5 Å². The van der Waals surface area contributed by atoms with E-state index in [1.54, 1.807) is 18.7 Å². The lowest BCUT2D eigenvalue weighted by molar-refractivity contribution is 0.551. The van der Waals surface area contributed by atoms with Crippen LogP contribution in [0.1, 0.15) is 39.0 Å². The summed E-state index contributed by atoms with van der Waals surface area (Å²) >= 11 is 0. The van der Waals surface area contributed by atoms with Gasteiger partial charge in [-0.2, -0.15) is 0 Å². The molecule has 5 rings (SSSR count). The minimum atomic E-state index is 0.0731. The van der Waals surface area contributed by atoms with Crippen molar-refractivity contribution in [3.05, 3.63) is 49.1 Å². The van der Waals surface area contributed by atoms with Crippen LogP contribution in [0.3, 0.4) is 0 Å². The Morgan fingerprint density at radius 2 is 1.87 bits per heavy atom. The normalized spacial score (nSPS) is 18.9. The smallest absolute Gasteiger partial charge is 0.165 e. The first-order chi connectivity index (χ1) is 14.8. The van der Waals surface area contributed by atoms with Crippen molar-refractivity contribution in [3.63, 3.8) is 0 Å². The number of nitrogens with zero attached hydrogens (tertiary/aromatic N) is 6. The molecular formula is C23H25N7. The highest BCUT2D eigenvalue weighted by Gasteiger charge is 2.35. The summed E-state index contributed by atoms with van der Waals surface area (Å²) in [5, 5.41) is 0. The van der Waals surface area contributed by atoms with Gasteiger partial charge in [-0.25, -0.2) is 24.9 Å². The van der Waals surface area contributed by atoms with Crippen molar-refractivity contribution in [2.24, 2.45) is 10.7 Å². The second-order valence-corrected chi connectivity index (χ2v) is 7.86. The van der Waals surface area contributed by atoms with E-state index in [4.69, 9.17) is 10.7 Å². The second-order valence-electron chi connectivity index (χ2n) is 7.86. The molecule has 0 unspecified atom stereocenters. The number of hydrogen-bond acceptors (Lipinski definition) is 7. The topological polar surface area (TPSA) is 93.2 Å². The first kappa shape index (κ1) is 18.7. The van der Waals surface area contributed by atoms with Crippen LogP contribution in [0.25, 0.3) is 22.6 Å². The van der Waals surface area contributed by atoms with E-state index in [9.17, 15) is 0 Å². The number of aliphatic imine (C=N–C) groups is 1.